The topological polar surface area (TPSA) is 130 Å². The summed E-state index contributed by atoms with van der Waals surface area (Å²) in [7, 11) is 0. The predicted octanol–water partition coefficient (Wildman–Crippen LogP) is 8.59. The number of carbonyl (C=O) groups excluding carboxylic acids is 4. The van der Waals surface area contributed by atoms with E-state index in [1.165, 1.54) is 64.2 Å². The lowest BCUT2D eigenvalue weighted by Gasteiger charge is -2.26. The van der Waals surface area contributed by atoms with Crippen LogP contribution in [0.2, 0.25) is 0 Å². The summed E-state index contributed by atoms with van der Waals surface area (Å²) in [4.78, 5) is 51.7. The van der Waals surface area contributed by atoms with Gasteiger partial charge in [-0.3, -0.25) is 19.2 Å². The van der Waals surface area contributed by atoms with Gasteiger partial charge in [-0.05, 0) is 51.4 Å². The van der Waals surface area contributed by atoms with E-state index in [-0.39, 0.29) is 48.3 Å². The molecule has 0 bridgehead atoms. The maximum atomic E-state index is 13.0. The number of rotatable bonds is 29. The van der Waals surface area contributed by atoms with Crippen molar-refractivity contribution >= 4 is 23.9 Å². The second kappa shape index (κ2) is 24.3. The number of hydrogen-bond donors (Lipinski definition) is 0. The van der Waals surface area contributed by atoms with Crippen LogP contribution in [0.5, 0.6) is 0 Å². The van der Waals surface area contributed by atoms with E-state index in [1.54, 1.807) is 0 Å². The van der Waals surface area contributed by atoms with Gasteiger partial charge in [0.25, 0.3) is 0 Å². The molecule has 2 heterocycles. The Balaban J connectivity index is 1.01. The van der Waals surface area contributed by atoms with E-state index < -0.39 is 23.7 Å². The molecule has 0 aromatic rings. The molecule has 298 valence electrons. The molecule has 10 nitrogen and oxygen atoms in total. The number of ether oxygens (including phenoxy) is 6. The van der Waals surface area contributed by atoms with Crippen molar-refractivity contribution in [3.63, 3.8) is 0 Å². The first-order valence-corrected chi connectivity index (χ1v) is 21.4. The van der Waals surface area contributed by atoms with Crippen LogP contribution in [0.1, 0.15) is 168 Å². The number of esters is 4. The van der Waals surface area contributed by atoms with Crippen molar-refractivity contribution in [2.45, 2.75) is 192 Å². The van der Waals surface area contributed by atoms with Gasteiger partial charge >= 0.3 is 23.9 Å². The van der Waals surface area contributed by atoms with Crippen LogP contribution >= 0.6 is 0 Å². The summed E-state index contributed by atoms with van der Waals surface area (Å²) in [6.07, 6.45) is 24.0. The zero-order valence-electron chi connectivity index (χ0n) is 32.5. The third kappa shape index (κ3) is 15.3. The number of epoxide rings is 2. The van der Waals surface area contributed by atoms with Crippen LogP contribution in [0, 0.1) is 23.7 Å². The minimum Gasteiger partial charge on any atom is -0.465 e. The molecular formula is C42H70O10. The van der Waals surface area contributed by atoms with Crippen LogP contribution in [0.25, 0.3) is 0 Å². The zero-order chi connectivity index (χ0) is 37.0. The summed E-state index contributed by atoms with van der Waals surface area (Å²) in [5, 5.41) is 0. The molecule has 2 aliphatic carbocycles. The molecule has 8 atom stereocenters. The van der Waals surface area contributed by atoms with Crippen LogP contribution in [0.15, 0.2) is 0 Å². The minimum absolute atomic E-state index is 0.0636. The van der Waals surface area contributed by atoms with Gasteiger partial charge in [0.2, 0.25) is 0 Å². The normalized spacial score (nSPS) is 27.2. The highest BCUT2D eigenvalue weighted by atomic mass is 16.6. The number of hydrogen-bond acceptors (Lipinski definition) is 10. The van der Waals surface area contributed by atoms with Gasteiger partial charge in [0.15, 0.2) is 0 Å². The molecule has 2 aliphatic heterocycles. The Morgan fingerprint density at radius 2 is 0.577 bits per heavy atom. The zero-order valence-corrected chi connectivity index (χ0v) is 32.5. The van der Waals surface area contributed by atoms with E-state index in [0.29, 0.717) is 52.1 Å². The number of unbranched alkanes of at least 4 members (excludes halogenated alkanes) is 17. The Kier molecular flexibility index (Phi) is 19.8. The molecule has 52 heavy (non-hydrogen) atoms. The fourth-order valence-electron chi connectivity index (χ4n) is 8.04. The van der Waals surface area contributed by atoms with Crippen LogP contribution in [0.4, 0.5) is 0 Å². The number of fused-ring (bicyclic) bond motifs is 2. The van der Waals surface area contributed by atoms with Crippen molar-refractivity contribution in [2.24, 2.45) is 23.7 Å². The Hall–Kier alpha value is -2.20. The molecule has 2 saturated heterocycles. The van der Waals surface area contributed by atoms with Gasteiger partial charge < -0.3 is 28.4 Å². The summed E-state index contributed by atoms with van der Waals surface area (Å²) in [6.45, 7) is 5.93. The smallest absolute Gasteiger partial charge is 0.309 e. The van der Waals surface area contributed by atoms with E-state index in [4.69, 9.17) is 28.4 Å². The van der Waals surface area contributed by atoms with E-state index in [1.807, 2.05) is 0 Å². The van der Waals surface area contributed by atoms with Gasteiger partial charge in [0.1, 0.15) is 0 Å². The fraction of sp³-hybridized carbons (Fsp3) is 0.905. The average molecular weight is 735 g/mol. The van der Waals surface area contributed by atoms with Crippen molar-refractivity contribution in [1.82, 2.24) is 0 Å². The lowest BCUT2D eigenvalue weighted by Crippen LogP contribution is -2.37. The Bertz CT molecular complexity index is 981. The molecule has 0 radical (unpaired) electrons. The molecule has 0 N–H and O–H groups in total. The first-order chi connectivity index (χ1) is 25.4. The van der Waals surface area contributed by atoms with Crippen molar-refractivity contribution < 1.29 is 47.6 Å². The highest BCUT2D eigenvalue weighted by molar-refractivity contribution is 5.83. The van der Waals surface area contributed by atoms with Crippen LogP contribution in [-0.2, 0) is 47.6 Å². The average Bonchev–Trinajstić information content (AvgIpc) is 4.08. The van der Waals surface area contributed by atoms with Crippen molar-refractivity contribution in [3.05, 3.63) is 0 Å². The van der Waals surface area contributed by atoms with Crippen molar-refractivity contribution in [1.29, 1.82) is 0 Å². The largest absolute Gasteiger partial charge is 0.465 e. The lowest BCUT2D eigenvalue weighted by molar-refractivity contribution is -0.162. The highest BCUT2D eigenvalue weighted by Crippen LogP contribution is 2.45. The summed E-state index contributed by atoms with van der Waals surface area (Å²) in [5.74, 6) is -3.12. The summed E-state index contributed by atoms with van der Waals surface area (Å²) >= 11 is 0. The van der Waals surface area contributed by atoms with Gasteiger partial charge in [0.05, 0.1) is 74.5 Å². The number of carbonyl (C=O) groups is 4. The minimum atomic E-state index is -0.490. The molecule has 0 aromatic carbocycles. The standard InChI is InChI=1S/C42H70O10/c1-3-5-7-9-11-15-19-23-47-39(43)31-27-35-37(51-35)29-33(31)41(45)49-25-21-17-13-14-18-22-26-50-42(46)34-30-38-36(52-38)28-32(34)40(44)48-24-20-16-12-10-8-6-4-2/h31-38H,3-30H2,1-2H3. The van der Waals surface area contributed by atoms with Gasteiger partial charge in [0, 0.05) is 0 Å². The molecule has 2 saturated carbocycles. The molecule has 4 aliphatic rings. The van der Waals surface area contributed by atoms with Crippen LogP contribution < -0.4 is 0 Å². The molecule has 4 rings (SSSR count). The maximum absolute atomic E-state index is 13.0. The molecular weight excluding hydrogens is 664 g/mol. The van der Waals surface area contributed by atoms with Crippen molar-refractivity contribution in [2.75, 3.05) is 26.4 Å². The van der Waals surface area contributed by atoms with E-state index in [2.05, 4.69) is 13.8 Å². The molecule has 8 unspecified atom stereocenters. The van der Waals surface area contributed by atoms with Crippen molar-refractivity contribution in [3.8, 4) is 0 Å². The van der Waals surface area contributed by atoms with Gasteiger partial charge in [-0.1, -0.05) is 117 Å². The predicted molar refractivity (Wildman–Crippen MR) is 197 cm³/mol. The SMILES string of the molecule is CCCCCCCCCOC(=O)C1CC2OC2CC1C(=O)OCCCCCCCCOC(=O)C1CC2OC2CC1C(=O)OCCCCCCCCC. The Morgan fingerprint density at radius 1 is 0.365 bits per heavy atom. The second-order valence-electron chi connectivity index (χ2n) is 15.8. The van der Waals surface area contributed by atoms with E-state index in [9.17, 15) is 19.2 Å². The van der Waals surface area contributed by atoms with Gasteiger partial charge in [-0.25, -0.2) is 0 Å². The van der Waals surface area contributed by atoms with Crippen LogP contribution in [0.3, 0.4) is 0 Å². The molecule has 0 spiro atoms. The summed E-state index contributed by atoms with van der Waals surface area (Å²) in [5.41, 5.74) is 0. The van der Waals surface area contributed by atoms with E-state index in [0.717, 1.165) is 64.2 Å². The first kappa shape index (κ1) is 42.5. The lowest BCUT2D eigenvalue weighted by atomic mass is 9.79. The Labute approximate surface area is 313 Å². The molecule has 10 heteroatoms. The quantitative estimate of drug-likeness (QED) is 0.0319. The Morgan fingerprint density at radius 3 is 0.808 bits per heavy atom. The first-order valence-electron chi connectivity index (χ1n) is 21.4. The highest BCUT2D eigenvalue weighted by Gasteiger charge is 2.54. The molecule has 4 fully saturated rings. The van der Waals surface area contributed by atoms with Crippen LogP contribution in [-0.4, -0.2) is 74.7 Å². The fourth-order valence-corrected chi connectivity index (χ4v) is 8.04. The molecule has 0 amide bonds. The van der Waals surface area contributed by atoms with E-state index >= 15 is 0 Å². The third-order valence-corrected chi connectivity index (χ3v) is 11.5. The maximum Gasteiger partial charge on any atom is 0.309 e. The summed E-state index contributed by atoms with van der Waals surface area (Å²) < 4.78 is 33.8. The molecule has 0 aromatic heterocycles. The second-order valence-corrected chi connectivity index (χ2v) is 15.8. The third-order valence-electron chi connectivity index (χ3n) is 11.5. The summed E-state index contributed by atoms with van der Waals surface area (Å²) in [6, 6.07) is 0. The van der Waals surface area contributed by atoms with Gasteiger partial charge in [-0.15, -0.1) is 0 Å². The van der Waals surface area contributed by atoms with Gasteiger partial charge in [-0.2, -0.15) is 0 Å². The monoisotopic (exact) mass is 734 g/mol.